The largest absolute Gasteiger partial charge is 0.219 e. The molecule has 0 amide bonds. The SMILES string of the molecule is c1ccc(N=S(c2ccccc2)c2ccccc2)cc1. The number of nitrogens with zero attached hydrogens (tertiary/aromatic N) is 1. The Labute approximate surface area is 122 Å². The molecule has 0 bridgehead atoms. The molecule has 2 heteroatoms. The van der Waals surface area contributed by atoms with Crippen LogP contribution in [0.4, 0.5) is 5.69 Å². The van der Waals surface area contributed by atoms with Gasteiger partial charge in [0.2, 0.25) is 0 Å². The predicted molar refractivity (Wildman–Crippen MR) is 85.3 cm³/mol. The van der Waals surface area contributed by atoms with Gasteiger partial charge in [-0.05, 0) is 47.1 Å². The van der Waals surface area contributed by atoms with Crippen molar-refractivity contribution in [3.8, 4) is 0 Å². The van der Waals surface area contributed by atoms with Gasteiger partial charge in [0.25, 0.3) is 0 Å². The fraction of sp³-hybridized carbons (Fsp3) is 0. The fourth-order valence-electron chi connectivity index (χ4n) is 1.93. The van der Waals surface area contributed by atoms with Crippen molar-refractivity contribution in [3.05, 3.63) is 91.0 Å². The van der Waals surface area contributed by atoms with Crippen molar-refractivity contribution in [2.24, 2.45) is 4.36 Å². The summed E-state index contributed by atoms with van der Waals surface area (Å²) in [6.07, 6.45) is 0. The summed E-state index contributed by atoms with van der Waals surface area (Å²) in [6.45, 7) is 0. The first kappa shape index (κ1) is 12.8. The zero-order valence-electron chi connectivity index (χ0n) is 11.0. The highest BCUT2D eigenvalue weighted by Crippen LogP contribution is 2.23. The second-order valence-corrected chi connectivity index (χ2v) is 6.03. The Morgan fingerprint density at radius 3 is 1.35 bits per heavy atom. The van der Waals surface area contributed by atoms with Crippen LogP contribution in [0, 0.1) is 0 Å². The Bertz CT molecular complexity index is 650. The van der Waals surface area contributed by atoms with E-state index >= 15 is 0 Å². The van der Waals surface area contributed by atoms with Crippen molar-refractivity contribution in [3.63, 3.8) is 0 Å². The van der Waals surface area contributed by atoms with E-state index in [1.54, 1.807) is 0 Å². The van der Waals surface area contributed by atoms with Crippen molar-refractivity contribution >= 4 is 16.4 Å². The number of rotatable bonds is 3. The zero-order chi connectivity index (χ0) is 13.6. The topological polar surface area (TPSA) is 12.4 Å². The van der Waals surface area contributed by atoms with E-state index in [0.717, 1.165) is 5.69 Å². The summed E-state index contributed by atoms with van der Waals surface area (Å²) in [6, 6.07) is 31.1. The van der Waals surface area contributed by atoms with Crippen LogP contribution in [0.25, 0.3) is 0 Å². The third-order valence-electron chi connectivity index (χ3n) is 2.89. The second kappa shape index (κ2) is 6.31. The molecule has 0 aromatic heterocycles. The lowest BCUT2D eigenvalue weighted by atomic mass is 10.3. The van der Waals surface area contributed by atoms with E-state index in [-0.39, 0.29) is 10.7 Å². The normalized spacial score (nSPS) is 10.4. The minimum atomic E-state index is -0.277. The van der Waals surface area contributed by atoms with Gasteiger partial charge in [0, 0.05) is 9.79 Å². The molecule has 0 aliphatic carbocycles. The Balaban J connectivity index is 2.12. The molecule has 3 rings (SSSR count). The average Bonchev–Trinajstić information content (AvgIpc) is 2.55. The lowest BCUT2D eigenvalue weighted by molar-refractivity contribution is 1.37. The van der Waals surface area contributed by atoms with Gasteiger partial charge in [-0.1, -0.05) is 54.6 Å². The van der Waals surface area contributed by atoms with E-state index < -0.39 is 0 Å². The molecule has 0 heterocycles. The van der Waals surface area contributed by atoms with Crippen LogP contribution in [0.15, 0.2) is 105 Å². The summed E-state index contributed by atoms with van der Waals surface area (Å²) in [4.78, 5) is 2.48. The Hall–Kier alpha value is -2.19. The first-order valence-corrected chi connectivity index (χ1v) is 7.73. The highest BCUT2D eigenvalue weighted by atomic mass is 32.2. The van der Waals surface area contributed by atoms with E-state index in [0.29, 0.717) is 0 Å². The van der Waals surface area contributed by atoms with Crippen LogP contribution in [0.2, 0.25) is 0 Å². The van der Waals surface area contributed by atoms with Crippen LogP contribution in [0.3, 0.4) is 0 Å². The van der Waals surface area contributed by atoms with E-state index in [4.69, 9.17) is 4.36 Å². The molecule has 1 nitrogen and oxygen atoms in total. The summed E-state index contributed by atoms with van der Waals surface area (Å²) in [5, 5.41) is 0. The smallest absolute Gasteiger partial charge is 0.0711 e. The quantitative estimate of drug-likeness (QED) is 0.621. The average molecular weight is 277 g/mol. The van der Waals surface area contributed by atoms with Crippen LogP contribution in [-0.4, -0.2) is 0 Å². The first-order valence-electron chi connectivity index (χ1n) is 6.55. The predicted octanol–water partition coefficient (Wildman–Crippen LogP) is 5.24. The molecular formula is C18H15NS. The van der Waals surface area contributed by atoms with Gasteiger partial charge in [0.1, 0.15) is 0 Å². The molecule has 20 heavy (non-hydrogen) atoms. The van der Waals surface area contributed by atoms with Gasteiger partial charge in [-0.2, -0.15) is 0 Å². The molecule has 0 radical (unpaired) electrons. The molecule has 0 fully saturated rings. The Kier molecular flexibility index (Phi) is 4.04. The van der Waals surface area contributed by atoms with Gasteiger partial charge in [-0.3, -0.25) is 0 Å². The maximum Gasteiger partial charge on any atom is 0.0711 e. The third-order valence-corrected chi connectivity index (χ3v) is 4.72. The van der Waals surface area contributed by atoms with E-state index in [1.165, 1.54) is 9.79 Å². The van der Waals surface area contributed by atoms with Gasteiger partial charge < -0.3 is 0 Å². The summed E-state index contributed by atoms with van der Waals surface area (Å²) >= 11 is 0. The van der Waals surface area contributed by atoms with Crippen LogP contribution < -0.4 is 0 Å². The van der Waals surface area contributed by atoms with Gasteiger partial charge in [-0.15, -0.1) is 0 Å². The standard InChI is InChI=1S/C18H15NS/c1-4-10-16(11-5-1)19-20(17-12-6-2-7-13-17)18-14-8-3-9-15-18/h1-15H. The highest BCUT2D eigenvalue weighted by molar-refractivity contribution is 7.87. The minimum absolute atomic E-state index is 0.277. The van der Waals surface area contributed by atoms with E-state index in [1.807, 2.05) is 42.5 Å². The Morgan fingerprint density at radius 2 is 0.900 bits per heavy atom. The lowest BCUT2D eigenvalue weighted by Gasteiger charge is -2.08. The summed E-state index contributed by atoms with van der Waals surface area (Å²) in [7, 11) is -0.277. The molecular weight excluding hydrogens is 262 g/mol. The molecule has 0 aliphatic heterocycles. The van der Waals surface area contributed by atoms with Crippen molar-refractivity contribution in [2.45, 2.75) is 9.79 Å². The number of benzene rings is 3. The maximum absolute atomic E-state index is 4.93. The second-order valence-electron chi connectivity index (χ2n) is 4.34. The molecule has 0 unspecified atom stereocenters. The molecule has 0 atom stereocenters. The molecule has 3 aromatic carbocycles. The molecule has 0 saturated carbocycles. The maximum atomic E-state index is 4.93. The van der Waals surface area contributed by atoms with Gasteiger partial charge >= 0.3 is 0 Å². The van der Waals surface area contributed by atoms with Gasteiger partial charge in [-0.25, -0.2) is 4.36 Å². The van der Waals surface area contributed by atoms with Crippen LogP contribution in [0.5, 0.6) is 0 Å². The van der Waals surface area contributed by atoms with Crippen molar-refractivity contribution in [1.29, 1.82) is 0 Å². The molecule has 0 saturated heterocycles. The number of hydrogen-bond acceptors (Lipinski definition) is 1. The summed E-state index contributed by atoms with van der Waals surface area (Å²) < 4.78 is 4.93. The Morgan fingerprint density at radius 1 is 0.500 bits per heavy atom. The first-order chi connectivity index (χ1) is 9.93. The lowest BCUT2D eigenvalue weighted by Crippen LogP contribution is -1.91. The van der Waals surface area contributed by atoms with Crippen LogP contribution in [-0.2, 0) is 10.7 Å². The molecule has 98 valence electrons. The van der Waals surface area contributed by atoms with Crippen LogP contribution in [0.1, 0.15) is 0 Å². The van der Waals surface area contributed by atoms with Crippen LogP contribution >= 0.6 is 0 Å². The fourth-order valence-corrected chi connectivity index (χ4v) is 3.58. The molecule has 3 aromatic rings. The van der Waals surface area contributed by atoms with Crippen molar-refractivity contribution < 1.29 is 0 Å². The minimum Gasteiger partial charge on any atom is -0.219 e. The van der Waals surface area contributed by atoms with E-state index in [9.17, 15) is 0 Å². The molecule has 0 N–H and O–H groups in total. The molecule has 0 spiro atoms. The van der Waals surface area contributed by atoms with Gasteiger partial charge in [0.05, 0.1) is 5.69 Å². The molecule has 0 aliphatic rings. The van der Waals surface area contributed by atoms with E-state index in [2.05, 4.69) is 48.5 Å². The van der Waals surface area contributed by atoms with Crippen molar-refractivity contribution in [1.82, 2.24) is 0 Å². The number of hydrogen-bond donors (Lipinski definition) is 0. The van der Waals surface area contributed by atoms with Crippen molar-refractivity contribution in [2.75, 3.05) is 0 Å². The zero-order valence-corrected chi connectivity index (χ0v) is 11.8. The summed E-state index contributed by atoms with van der Waals surface area (Å²) in [5.41, 5.74) is 1.02. The third kappa shape index (κ3) is 3.03. The highest BCUT2D eigenvalue weighted by Gasteiger charge is 2.04. The monoisotopic (exact) mass is 277 g/mol. The van der Waals surface area contributed by atoms with Gasteiger partial charge in [0.15, 0.2) is 0 Å². The summed E-state index contributed by atoms with van der Waals surface area (Å²) in [5.74, 6) is 0.